The van der Waals surface area contributed by atoms with Crippen LogP contribution in [0, 0.1) is 40.8 Å². The number of hydrogen-bond donors (Lipinski definition) is 0. The Morgan fingerprint density at radius 1 is 0.744 bits per heavy atom. The lowest BCUT2D eigenvalue weighted by Gasteiger charge is -2.32. The molecule has 43 heavy (non-hydrogen) atoms. The van der Waals surface area contributed by atoms with Gasteiger partial charge in [0.05, 0.1) is 0 Å². The van der Waals surface area contributed by atoms with Crippen LogP contribution < -0.4 is 4.74 Å². The first kappa shape index (κ1) is 31.3. The minimum atomic E-state index is -5.19. The number of aryl methyl sites for hydroxylation is 2. The van der Waals surface area contributed by atoms with E-state index in [0.29, 0.717) is 37.3 Å². The van der Waals surface area contributed by atoms with E-state index >= 15 is 13.2 Å². The Morgan fingerprint density at radius 2 is 1.44 bits per heavy atom. The van der Waals surface area contributed by atoms with E-state index in [2.05, 4.69) is 4.74 Å². The van der Waals surface area contributed by atoms with Gasteiger partial charge in [-0.3, -0.25) is 0 Å². The van der Waals surface area contributed by atoms with Crippen LogP contribution in [-0.4, -0.2) is 6.36 Å². The fraction of sp³-hybridized carbons (Fsp3) is 0.455. The van der Waals surface area contributed by atoms with Crippen LogP contribution in [0.5, 0.6) is 5.75 Å². The number of ether oxygens (including phenoxy) is 1. The summed E-state index contributed by atoms with van der Waals surface area (Å²) in [5.41, 5.74) is 1.13. The van der Waals surface area contributed by atoms with Gasteiger partial charge in [0.15, 0.2) is 23.2 Å². The number of hydrogen-bond acceptors (Lipinski definition) is 1. The van der Waals surface area contributed by atoms with Gasteiger partial charge >= 0.3 is 6.36 Å². The van der Waals surface area contributed by atoms with Gasteiger partial charge in [-0.05, 0) is 122 Å². The molecule has 0 heterocycles. The average Bonchev–Trinajstić information content (AvgIpc) is 2.97. The van der Waals surface area contributed by atoms with Gasteiger partial charge in [-0.25, -0.2) is 22.0 Å². The first-order chi connectivity index (χ1) is 20.4. The molecule has 2 aliphatic rings. The molecule has 1 fully saturated rings. The lowest BCUT2D eigenvalue weighted by Crippen LogP contribution is -2.23. The molecule has 10 heteroatoms. The third-order valence-electron chi connectivity index (χ3n) is 9.08. The molecule has 0 bridgehead atoms. The first-order valence-electron chi connectivity index (χ1n) is 14.6. The molecule has 0 radical (unpaired) electrons. The maximum absolute atomic E-state index is 15.7. The van der Waals surface area contributed by atoms with Gasteiger partial charge in [-0.2, -0.15) is 4.39 Å². The maximum Gasteiger partial charge on any atom is 0.573 e. The molecule has 0 amide bonds. The van der Waals surface area contributed by atoms with E-state index in [9.17, 15) is 26.3 Å². The summed E-state index contributed by atoms with van der Waals surface area (Å²) < 4.78 is 131. The Morgan fingerprint density at radius 3 is 2.09 bits per heavy atom. The highest BCUT2D eigenvalue weighted by Gasteiger charge is 2.37. The van der Waals surface area contributed by atoms with Gasteiger partial charge in [0.2, 0.25) is 5.82 Å². The Bertz CT molecular complexity index is 1490. The summed E-state index contributed by atoms with van der Waals surface area (Å²) in [6.45, 7) is 1.93. The zero-order chi connectivity index (χ0) is 31.1. The van der Waals surface area contributed by atoms with Gasteiger partial charge in [0.1, 0.15) is 11.6 Å². The van der Waals surface area contributed by atoms with Crippen molar-refractivity contribution >= 4 is 0 Å². The predicted octanol–water partition coefficient (Wildman–Crippen LogP) is 10.2. The Balaban J connectivity index is 1.27. The van der Waals surface area contributed by atoms with Crippen molar-refractivity contribution in [2.45, 2.75) is 89.3 Å². The van der Waals surface area contributed by atoms with E-state index in [4.69, 9.17) is 0 Å². The molecule has 232 valence electrons. The summed E-state index contributed by atoms with van der Waals surface area (Å²) in [4.78, 5) is 0. The molecule has 1 saturated carbocycles. The van der Waals surface area contributed by atoms with E-state index in [-0.39, 0.29) is 72.5 Å². The van der Waals surface area contributed by atoms with Crippen molar-refractivity contribution in [3.63, 3.8) is 0 Å². The van der Waals surface area contributed by atoms with Crippen LogP contribution >= 0.6 is 0 Å². The van der Waals surface area contributed by atoms with Gasteiger partial charge < -0.3 is 4.74 Å². The number of rotatable bonds is 7. The van der Waals surface area contributed by atoms with Crippen molar-refractivity contribution in [1.29, 1.82) is 0 Å². The van der Waals surface area contributed by atoms with E-state index in [1.807, 2.05) is 13.0 Å². The molecule has 5 rings (SSSR count). The van der Waals surface area contributed by atoms with E-state index in [1.165, 1.54) is 6.07 Å². The van der Waals surface area contributed by atoms with Crippen molar-refractivity contribution in [2.24, 2.45) is 5.92 Å². The SMILES string of the molecule is CCc1ccc(CCC2CCc3c(F)c(C4CCC(c5ccc(OC(F)(F)F)c(F)c5F)CC4)c(F)c(F)c3C2)c(F)c1. The topological polar surface area (TPSA) is 9.23 Å². The molecule has 1 nitrogen and oxygen atoms in total. The van der Waals surface area contributed by atoms with Crippen molar-refractivity contribution in [3.05, 3.63) is 98.6 Å². The van der Waals surface area contributed by atoms with E-state index in [1.54, 1.807) is 6.07 Å². The highest BCUT2D eigenvalue weighted by atomic mass is 19.4. The average molecular weight is 615 g/mol. The minimum absolute atomic E-state index is 0.0178. The monoisotopic (exact) mass is 614 g/mol. The summed E-state index contributed by atoms with van der Waals surface area (Å²) in [6.07, 6.45) is -1.90. The summed E-state index contributed by atoms with van der Waals surface area (Å²) in [5, 5.41) is 0. The molecule has 0 aliphatic heterocycles. The second kappa shape index (κ2) is 12.4. The Labute approximate surface area is 244 Å². The Hall–Kier alpha value is -3.17. The number of halogens is 9. The molecule has 0 saturated heterocycles. The van der Waals surface area contributed by atoms with Crippen molar-refractivity contribution in [1.82, 2.24) is 0 Å². The van der Waals surface area contributed by atoms with Crippen molar-refractivity contribution < 1.29 is 44.3 Å². The smallest absolute Gasteiger partial charge is 0.403 e. The number of alkyl halides is 3. The van der Waals surface area contributed by atoms with Crippen LogP contribution in [0.2, 0.25) is 0 Å². The molecule has 0 N–H and O–H groups in total. The number of benzene rings is 3. The van der Waals surface area contributed by atoms with Crippen LogP contribution in [0.1, 0.15) is 90.7 Å². The first-order valence-corrected chi connectivity index (χ1v) is 14.6. The number of fused-ring (bicyclic) bond motifs is 1. The molecular formula is C33H31F9O. The van der Waals surface area contributed by atoms with Crippen molar-refractivity contribution in [2.75, 3.05) is 0 Å². The minimum Gasteiger partial charge on any atom is -0.403 e. The molecular weight excluding hydrogens is 583 g/mol. The lowest BCUT2D eigenvalue weighted by molar-refractivity contribution is -0.275. The molecule has 1 atom stereocenters. The lowest BCUT2D eigenvalue weighted by atomic mass is 9.73. The molecule has 3 aromatic carbocycles. The maximum atomic E-state index is 15.7. The largest absolute Gasteiger partial charge is 0.573 e. The molecule has 0 spiro atoms. The quantitative estimate of drug-likeness (QED) is 0.190. The summed E-state index contributed by atoms with van der Waals surface area (Å²) in [7, 11) is 0. The van der Waals surface area contributed by atoms with Crippen molar-refractivity contribution in [3.8, 4) is 5.75 Å². The molecule has 0 aromatic heterocycles. The molecule has 2 aliphatic carbocycles. The Kier molecular flexibility index (Phi) is 9.05. The highest BCUT2D eigenvalue weighted by Crippen LogP contribution is 2.46. The van der Waals surface area contributed by atoms with Gasteiger partial charge in [0.25, 0.3) is 0 Å². The standard InChI is InChI=1S/C33H31F9O/c1-2-17-3-6-20(25(34)16-17)7-4-18-5-12-23-24(15-18)30(37)32(39)27(28(23)35)21-10-8-19(9-11-21)22-13-14-26(31(38)29(22)36)43-33(40,41)42/h3,6,13-14,16,18-19,21H,2,4-5,7-12,15H2,1H3. The molecule has 1 unspecified atom stereocenters. The van der Waals surface area contributed by atoms with Crippen LogP contribution in [0.15, 0.2) is 30.3 Å². The van der Waals surface area contributed by atoms with Gasteiger partial charge in [-0.15, -0.1) is 13.2 Å². The third-order valence-corrected chi connectivity index (χ3v) is 9.08. The second-order valence-electron chi connectivity index (χ2n) is 11.6. The summed E-state index contributed by atoms with van der Waals surface area (Å²) >= 11 is 0. The third kappa shape index (κ3) is 6.53. The normalized spacial score (nSPS) is 20.7. The van der Waals surface area contributed by atoms with Crippen LogP contribution in [0.3, 0.4) is 0 Å². The van der Waals surface area contributed by atoms with Gasteiger partial charge in [-0.1, -0.05) is 25.1 Å². The van der Waals surface area contributed by atoms with Crippen LogP contribution in [-0.2, 0) is 25.7 Å². The predicted molar refractivity (Wildman–Crippen MR) is 143 cm³/mol. The fourth-order valence-corrected chi connectivity index (χ4v) is 6.72. The van der Waals surface area contributed by atoms with E-state index in [0.717, 1.165) is 11.6 Å². The zero-order valence-corrected chi connectivity index (χ0v) is 23.5. The van der Waals surface area contributed by atoms with Gasteiger partial charge in [0, 0.05) is 5.56 Å². The summed E-state index contributed by atoms with van der Waals surface area (Å²) in [5.74, 6) is -9.24. The highest BCUT2D eigenvalue weighted by molar-refractivity contribution is 5.41. The molecule has 3 aromatic rings. The van der Waals surface area contributed by atoms with Crippen LogP contribution in [0.25, 0.3) is 0 Å². The zero-order valence-electron chi connectivity index (χ0n) is 23.5. The summed E-state index contributed by atoms with van der Waals surface area (Å²) in [6, 6.07) is 6.84. The van der Waals surface area contributed by atoms with Crippen LogP contribution in [0.4, 0.5) is 39.5 Å². The fourth-order valence-electron chi connectivity index (χ4n) is 6.72. The van der Waals surface area contributed by atoms with E-state index < -0.39 is 53.0 Å². The second-order valence-corrected chi connectivity index (χ2v) is 11.6.